The van der Waals surface area contributed by atoms with Gasteiger partial charge in [0.25, 0.3) is 5.69 Å². The van der Waals surface area contributed by atoms with E-state index in [9.17, 15) is 18.5 Å². The lowest BCUT2D eigenvalue weighted by Crippen LogP contribution is -2.43. The molecule has 0 spiro atoms. The van der Waals surface area contributed by atoms with Crippen molar-refractivity contribution in [3.05, 3.63) is 34.4 Å². The number of nitro benzene ring substituents is 1. The van der Waals surface area contributed by atoms with Gasteiger partial charge in [0, 0.05) is 24.7 Å². The Morgan fingerprint density at radius 3 is 2.21 bits per heavy atom. The molecule has 3 N–H and O–H groups in total. The van der Waals surface area contributed by atoms with Crippen LogP contribution >= 0.6 is 0 Å². The topological polar surface area (TPSA) is 115 Å². The monoisotopic (exact) mass is 287 g/mol. The van der Waals surface area contributed by atoms with Crippen molar-refractivity contribution in [2.75, 3.05) is 6.54 Å². The van der Waals surface area contributed by atoms with Crippen molar-refractivity contribution in [2.24, 2.45) is 11.7 Å². The fourth-order valence-electron chi connectivity index (χ4n) is 1.47. The van der Waals surface area contributed by atoms with E-state index in [1.165, 1.54) is 12.1 Å². The molecule has 1 atom stereocenters. The molecule has 0 aliphatic heterocycles. The molecule has 0 heterocycles. The number of benzene rings is 1. The summed E-state index contributed by atoms with van der Waals surface area (Å²) in [6, 6.07) is 4.34. The minimum atomic E-state index is -3.71. The van der Waals surface area contributed by atoms with Crippen LogP contribution < -0.4 is 10.5 Å². The van der Waals surface area contributed by atoms with Gasteiger partial charge >= 0.3 is 0 Å². The molecular weight excluding hydrogens is 270 g/mol. The Hall–Kier alpha value is -1.51. The molecule has 0 saturated heterocycles. The Balaban J connectivity index is 2.97. The number of nitrogens with zero attached hydrogens (tertiary/aromatic N) is 1. The average Bonchev–Trinajstić information content (AvgIpc) is 2.35. The molecule has 0 aliphatic rings. The molecule has 0 amide bonds. The first-order valence-electron chi connectivity index (χ1n) is 5.74. The molecule has 0 saturated carbocycles. The van der Waals surface area contributed by atoms with Crippen LogP contribution in [0, 0.1) is 16.0 Å². The van der Waals surface area contributed by atoms with E-state index in [1.807, 2.05) is 13.8 Å². The van der Waals surface area contributed by atoms with Crippen LogP contribution in [0.15, 0.2) is 29.2 Å². The van der Waals surface area contributed by atoms with Gasteiger partial charge in [-0.1, -0.05) is 13.8 Å². The Morgan fingerprint density at radius 1 is 1.32 bits per heavy atom. The number of rotatable bonds is 6. The predicted molar refractivity (Wildman–Crippen MR) is 71.1 cm³/mol. The minimum absolute atomic E-state index is 0.0165. The summed E-state index contributed by atoms with van der Waals surface area (Å²) in [5.74, 6) is 0.0535. The molecule has 0 fully saturated rings. The Kier molecular flexibility index (Phi) is 4.98. The highest BCUT2D eigenvalue weighted by Gasteiger charge is 2.21. The van der Waals surface area contributed by atoms with Gasteiger partial charge in [0.2, 0.25) is 10.0 Å². The zero-order chi connectivity index (χ0) is 14.6. The molecule has 0 aromatic heterocycles. The second-order valence-electron chi connectivity index (χ2n) is 4.46. The maximum absolute atomic E-state index is 12.1. The molecular formula is C11H17N3O4S. The van der Waals surface area contributed by atoms with Crippen molar-refractivity contribution in [1.82, 2.24) is 4.72 Å². The number of nitro groups is 1. The molecule has 1 aromatic rings. The summed E-state index contributed by atoms with van der Waals surface area (Å²) in [5, 5.41) is 10.5. The van der Waals surface area contributed by atoms with Gasteiger partial charge in [-0.15, -0.1) is 0 Å². The second kappa shape index (κ2) is 6.09. The van der Waals surface area contributed by atoms with Crippen LogP contribution in [0.2, 0.25) is 0 Å². The second-order valence-corrected chi connectivity index (χ2v) is 6.17. The third-order valence-electron chi connectivity index (χ3n) is 2.72. The molecule has 0 bridgehead atoms. The number of nitrogens with one attached hydrogen (secondary N) is 1. The maximum atomic E-state index is 12.1. The lowest BCUT2D eigenvalue weighted by Gasteiger charge is -2.20. The molecule has 0 unspecified atom stereocenters. The predicted octanol–water partition coefficient (Wildman–Crippen LogP) is 0.856. The van der Waals surface area contributed by atoms with Crippen molar-refractivity contribution in [1.29, 1.82) is 0 Å². The van der Waals surface area contributed by atoms with Crippen molar-refractivity contribution in [3.8, 4) is 0 Å². The molecule has 1 rings (SSSR count). The number of nitrogens with two attached hydrogens (primary N) is 1. The Morgan fingerprint density at radius 2 is 1.84 bits per heavy atom. The molecule has 7 nitrogen and oxygen atoms in total. The molecule has 0 aliphatic carbocycles. The normalized spacial score (nSPS) is 13.5. The van der Waals surface area contributed by atoms with E-state index >= 15 is 0 Å². The van der Waals surface area contributed by atoms with E-state index in [1.54, 1.807) is 0 Å². The first-order chi connectivity index (χ1) is 8.77. The molecule has 106 valence electrons. The van der Waals surface area contributed by atoms with Crippen LogP contribution in [0.4, 0.5) is 5.69 Å². The largest absolute Gasteiger partial charge is 0.329 e. The number of hydrogen-bond acceptors (Lipinski definition) is 5. The molecule has 8 heteroatoms. The van der Waals surface area contributed by atoms with Crippen molar-refractivity contribution in [2.45, 2.75) is 24.8 Å². The van der Waals surface area contributed by atoms with Crippen LogP contribution in [0.25, 0.3) is 0 Å². The summed E-state index contributed by atoms with van der Waals surface area (Å²) in [5.41, 5.74) is 5.35. The fraction of sp³-hybridized carbons (Fsp3) is 0.455. The van der Waals surface area contributed by atoms with Crippen LogP contribution in [0.5, 0.6) is 0 Å². The van der Waals surface area contributed by atoms with E-state index in [2.05, 4.69) is 4.72 Å². The van der Waals surface area contributed by atoms with Crippen LogP contribution in [0.3, 0.4) is 0 Å². The molecule has 1 aromatic carbocycles. The van der Waals surface area contributed by atoms with Crippen LogP contribution in [-0.4, -0.2) is 25.9 Å². The Labute approximate surface area is 112 Å². The van der Waals surface area contributed by atoms with E-state index in [0.717, 1.165) is 12.1 Å². The van der Waals surface area contributed by atoms with Gasteiger partial charge in [0.15, 0.2) is 0 Å². The van der Waals surface area contributed by atoms with Crippen LogP contribution in [0.1, 0.15) is 13.8 Å². The third kappa shape index (κ3) is 3.98. The first-order valence-corrected chi connectivity index (χ1v) is 7.23. The fourth-order valence-corrected chi connectivity index (χ4v) is 2.87. The standard InChI is InChI=1S/C11H17N3O4S/c1-8(2)11(7-12)13-19(17,18)10-5-3-9(4-6-10)14(15)16/h3-6,8,11,13H,7,12H2,1-2H3/t11-/m1/s1. The zero-order valence-corrected chi connectivity index (χ0v) is 11.6. The number of sulfonamides is 1. The quantitative estimate of drug-likeness (QED) is 0.594. The highest BCUT2D eigenvalue weighted by atomic mass is 32.2. The average molecular weight is 287 g/mol. The molecule has 19 heavy (non-hydrogen) atoms. The van der Waals surface area contributed by atoms with Gasteiger partial charge in [0.1, 0.15) is 0 Å². The SMILES string of the molecule is CC(C)[C@@H](CN)NS(=O)(=O)c1ccc([N+](=O)[O-])cc1. The van der Waals surface area contributed by atoms with Crippen molar-refractivity contribution in [3.63, 3.8) is 0 Å². The van der Waals surface area contributed by atoms with Gasteiger partial charge in [-0.3, -0.25) is 10.1 Å². The van der Waals surface area contributed by atoms with E-state index in [0.29, 0.717) is 0 Å². The van der Waals surface area contributed by atoms with E-state index < -0.39 is 14.9 Å². The van der Waals surface area contributed by atoms with Gasteiger partial charge in [-0.25, -0.2) is 13.1 Å². The van der Waals surface area contributed by atoms with Crippen molar-refractivity contribution >= 4 is 15.7 Å². The summed E-state index contributed by atoms with van der Waals surface area (Å²) in [6.45, 7) is 3.90. The summed E-state index contributed by atoms with van der Waals surface area (Å²) in [6.07, 6.45) is 0. The number of non-ortho nitro benzene ring substituents is 1. The minimum Gasteiger partial charge on any atom is -0.329 e. The maximum Gasteiger partial charge on any atom is 0.269 e. The van der Waals surface area contributed by atoms with Gasteiger partial charge < -0.3 is 5.73 Å². The first kappa shape index (κ1) is 15.5. The summed E-state index contributed by atoms with van der Waals surface area (Å²) < 4.78 is 26.6. The summed E-state index contributed by atoms with van der Waals surface area (Å²) in [7, 11) is -3.71. The summed E-state index contributed by atoms with van der Waals surface area (Å²) in [4.78, 5) is 9.90. The van der Waals surface area contributed by atoms with Crippen molar-refractivity contribution < 1.29 is 13.3 Å². The van der Waals surface area contributed by atoms with Crippen LogP contribution in [-0.2, 0) is 10.0 Å². The summed E-state index contributed by atoms with van der Waals surface area (Å²) >= 11 is 0. The van der Waals surface area contributed by atoms with E-state index in [4.69, 9.17) is 5.73 Å². The third-order valence-corrected chi connectivity index (χ3v) is 4.23. The van der Waals surface area contributed by atoms with Gasteiger partial charge in [-0.05, 0) is 18.1 Å². The highest BCUT2D eigenvalue weighted by molar-refractivity contribution is 7.89. The van der Waals surface area contributed by atoms with Gasteiger partial charge in [-0.2, -0.15) is 0 Å². The lowest BCUT2D eigenvalue weighted by atomic mass is 10.1. The van der Waals surface area contributed by atoms with E-state index in [-0.39, 0.29) is 29.1 Å². The lowest BCUT2D eigenvalue weighted by molar-refractivity contribution is -0.384. The smallest absolute Gasteiger partial charge is 0.269 e. The Bertz CT molecular complexity index is 540. The highest BCUT2D eigenvalue weighted by Crippen LogP contribution is 2.16. The van der Waals surface area contributed by atoms with Gasteiger partial charge in [0.05, 0.1) is 9.82 Å². The number of hydrogen-bond donors (Lipinski definition) is 2. The molecule has 0 radical (unpaired) electrons. The zero-order valence-electron chi connectivity index (χ0n) is 10.7.